The lowest BCUT2D eigenvalue weighted by molar-refractivity contribution is -0.142. The van der Waals surface area contributed by atoms with E-state index in [4.69, 9.17) is 4.74 Å². The van der Waals surface area contributed by atoms with E-state index in [0.29, 0.717) is 26.1 Å². The third kappa shape index (κ3) is 4.31. The van der Waals surface area contributed by atoms with Crippen molar-refractivity contribution in [1.29, 1.82) is 0 Å². The molecule has 1 aromatic carbocycles. The van der Waals surface area contributed by atoms with Crippen LogP contribution in [0.25, 0.3) is 0 Å². The van der Waals surface area contributed by atoms with Crippen LogP contribution < -0.4 is 0 Å². The van der Waals surface area contributed by atoms with Gasteiger partial charge in [0.2, 0.25) is 5.91 Å². The van der Waals surface area contributed by atoms with Gasteiger partial charge in [-0.25, -0.2) is 0 Å². The lowest BCUT2D eigenvalue weighted by atomic mass is 10.1. The molecule has 0 aliphatic carbocycles. The number of carbonyl (C=O) groups excluding carboxylic acids is 2. The molecule has 0 aromatic heterocycles. The number of hydrogen-bond acceptors (Lipinski definition) is 4. The quantitative estimate of drug-likeness (QED) is 0.777. The predicted molar refractivity (Wildman–Crippen MR) is 84.1 cm³/mol. The number of amides is 1. The van der Waals surface area contributed by atoms with Crippen molar-refractivity contribution in [3.8, 4) is 0 Å². The summed E-state index contributed by atoms with van der Waals surface area (Å²) in [4.78, 5) is 27.9. The van der Waals surface area contributed by atoms with E-state index < -0.39 is 0 Å². The van der Waals surface area contributed by atoms with E-state index in [1.165, 1.54) is 7.11 Å². The second kappa shape index (κ2) is 7.94. The van der Waals surface area contributed by atoms with Crippen LogP contribution in [-0.2, 0) is 20.9 Å². The summed E-state index contributed by atoms with van der Waals surface area (Å²) in [5.74, 6) is -0.0955. The second-order valence-electron chi connectivity index (χ2n) is 5.63. The number of carbonyl (C=O) groups is 2. The Labute approximate surface area is 131 Å². The molecule has 0 spiro atoms. The van der Waals surface area contributed by atoms with Crippen molar-refractivity contribution in [3.05, 3.63) is 35.9 Å². The van der Waals surface area contributed by atoms with E-state index in [-0.39, 0.29) is 24.5 Å². The molecule has 1 aromatic rings. The molecule has 1 saturated heterocycles. The first-order valence-corrected chi connectivity index (χ1v) is 7.76. The van der Waals surface area contributed by atoms with Crippen LogP contribution in [0.1, 0.15) is 25.3 Å². The minimum atomic E-state index is -0.251. The number of methoxy groups -OCH3 is 1. The van der Waals surface area contributed by atoms with Gasteiger partial charge in [0.25, 0.3) is 0 Å². The topological polar surface area (TPSA) is 49.9 Å². The van der Waals surface area contributed by atoms with Gasteiger partial charge in [0.1, 0.15) is 0 Å². The summed E-state index contributed by atoms with van der Waals surface area (Å²) in [6.45, 7) is 4.28. The summed E-state index contributed by atoms with van der Waals surface area (Å²) in [5.41, 5.74) is 1.13. The molecule has 0 unspecified atom stereocenters. The van der Waals surface area contributed by atoms with E-state index >= 15 is 0 Å². The molecule has 5 heteroatoms. The summed E-state index contributed by atoms with van der Waals surface area (Å²) in [6.07, 6.45) is 1.32. The van der Waals surface area contributed by atoms with Crippen LogP contribution in [0.3, 0.4) is 0 Å². The molecule has 2 rings (SSSR count). The number of ether oxygens (including phenoxy) is 1. The highest BCUT2D eigenvalue weighted by molar-refractivity contribution is 5.77. The zero-order valence-corrected chi connectivity index (χ0v) is 13.3. The monoisotopic (exact) mass is 304 g/mol. The van der Waals surface area contributed by atoms with Crippen molar-refractivity contribution in [1.82, 2.24) is 9.80 Å². The Balaban J connectivity index is 2.08. The van der Waals surface area contributed by atoms with E-state index in [2.05, 4.69) is 6.92 Å². The Hall–Kier alpha value is -1.88. The molecule has 1 aliphatic heterocycles. The molecule has 1 atom stereocenters. The maximum Gasteiger partial charge on any atom is 0.319 e. The summed E-state index contributed by atoms with van der Waals surface area (Å²) in [5, 5.41) is 0. The molecule has 120 valence electrons. The molecule has 0 N–H and O–H groups in total. The van der Waals surface area contributed by atoms with Crippen molar-refractivity contribution in [2.75, 3.05) is 26.7 Å². The van der Waals surface area contributed by atoms with Gasteiger partial charge in [-0.1, -0.05) is 37.3 Å². The van der Waals surface area contributed by atoms with Gasteiger partial charge < -0.3 is 9.64 Å². The van der Waals surface area contributed by atoms with E-state index in [0.717, 1.165) is 12.0 Å². The number of rotatable bonds is 5. The maximum atomic E-state index is 12.5. The summed E-state index contributed by atoms with van der Waals surface area (Å²) in [6, 6.07) is 10.2. The fraction of sp³-hybridized carbons (Fsp3) is 0.529. The van der Waals surface area contributed by atoms with Crippen molar-refractivity contribution >= 4 is 11.9 Å². The first-order chi connectivity index (χ1) is 10.6. The lowest BCUT2D eigenvalue weighted by Crippen LogP contribution is -2.43. The number of esters is 1. The third-order valence-electron chi connectivity index (χ3n) is 4.12. The van der Waals surface area contributed by atoms with Crippen LogP contribution in [-0.4, -0.2) is 54.5 Å². The second-order valence-corrected chi connectivity index (χ2v) is 5.63. The molecular weight excluding hydrogens is 280 g/mol. The van der Waals surface area contributed by atoms with E-state index in [1.807, 2.05) is 40.1 Å². The van der Waals surface area contributed by atoms with Crippen molar-refractivity contribution in [2.24, 2.45) is 0 Å². The van der Waals surface area contributed by atoms with Gasteiger partial charge in [-0.15, -0.1) is 0 Å². The Morgan fingerprint density at radius 3 is 2.68 bits per heavy atom. The Bertz CT molecular complexity index is 504. The van der Waals surface area contributed by atoms with Crippen molar-refractivity contribution < 1.29 is 14.3 Å². The normalized spacial score (nSPS) is 19.8. The van der Waals surface area contributed by atoms with Gasteiger partial charge in [-0.05, 0) is 12.0 Å². The first-order valence-electron chi connectivity index (χ1n) is 7.76. The minimum Gasteiger partial charge on any atom is -0.468 e. The van der Waals surface area contributed by atoms with Gasteiger partial charge in [0.15, 0.2) is 0 Å². The largest absolute Gasteiger partial charge is 0.468 e. The Kier molecular flexibility index (Phi) is 5.95. The van der Waals surface area contributed by atoms with Gasteiger partial charge in [0.05, 0.1) is 13.7 Å². The number of nitrogens with zero attached hydrogens (tertiary/aromatic N) is 2. The van der Waals surface area contributed by atoms with Crippen LogP contribution >= 0.6 is 0 Å². The Morgan fingerprint density at radius 1 is 1.32 bits per heavy atom. The van der Waals surface area contributed by atoms with E-state index in [9.17, 15) is 9.59 Å². The lowest BCUT2D eigenvalue weighted by Gasteiger charge is -2.31. The van der Waals surface area contributed by atoms with Crippen LogP contribution in [0, 0.1) is 0 Å². The average molecular weight is 304 g/mol. The average Bonchev–Trinajstić information content (AvgIpc) is 2.69. The molecule has 1 fully saturated rings. The van der Waals surface area contributed by atoms with Crippen molar-refractivity contribution in [3.63, 3.8) is 0 Å². The molecule has 22 heavy (non-hydrogen) atoms. The molecule has 1 aliphatic rings. The fourth-order valence-corrected chi connectivity index (χ4v) is 2.83. The number of benzene rings is 1. The maximum absolute atomic E-state index is 12.5. The molecule has 0 saturated carbocycles. The standard InChI is InChI=1S/C17H24N2O3/c1-3-15-12-18(13-17(21)22-2)10-9-16(20)19(15)11-14-7-5-4-6-8-14/h4-8,15H,3,9-13H2,1-2H3/t15-/m1/s1. The third-order valence-corrected chi connectivity index (χ3v) is 4.12. The van der Waals surface area contributed by atoms with Crippen LogP contribution in [0.5, 0.6) is 0 Å². The van der Waals surface area contributed by atoms with Crippen LogP contribution in [0.15, 0.2) is 30.3 Å². The zero-order valence-electron chi connectivity index (χ0n) is 13.3. The molecule has 1 heterocycles. The Morgan fingerprint density at radius 2 is 2.05 bits per heavy atom. The van der Waals surface area contributed by atoms with Crippen LogP contribution in [0.4, 0.5) is 0 Å². The summed E-state index contributed by atoms with van der Waals surface area (Å²) < 4.78 is 4.73. The van der Waals surface area contributed by atoms with Gasteiger partial charge >= 0.3 is 5.97 Å². The molecular formula is C17H24N2O3. The van der Waals surface area contributed by atoms with Gasteiger partial charge in [0, 0.05) is 32.1 Å². The fourth-order valence-electron chi connectivity index (χ4n) is 2.83. The summed E-state index contributed by atoms with van der Waals surface area (Å²) >= 11 is 0. The highest BCUT2D eigenvalue weighted by atomic mass is 16.5. The van der Waals surface area contributed by atoms with Gasteiger partial charge in [-0.3, -0.25) is 14.5 Å². The SMILES string of the molecule is CC[C@@H]1CN(CC(=O)OC)CCC(=O)N1Cc1ccccc1. The number of hydrogen-bond donors (Lipinski definition) is 0. The van der Waals surface area contributed by atoms with E-state index in [1.54, 1.807) is 0 Å². The molecule has 0 radical (unpaired) electrons. The highest BCUT2D eigenvalue weighted by Gasteiger charge is 2.29. The summed E-state index contributed by atoms with van der Waals surface area (Å²) in [7, 11) is 1.39. The zero-order chi connectivity index (χ0) is 15.9. The van der Waals surface area contributed by atoms with Gasteiger partial charge in [-0.2, -0.15) is 0 Å². The smallest absolute Gasteiger partial charge is 0.319 e. The first kappa shape index (κ1) is 16.5. The molecule has 0 bridgehead atoms. The predicted octanol–water partition coefficient (Wildman–Crippen LogP) is 1.67. The highest BCUT2D eigenvalue weighted by Crippen LogP contribution is 2.17. The molecule has 5 nitrogen and oxygen atoms in total. The van der Waals surface area contributed by atoms with Crippen LogP contribution in [0.2, 0.25) is 0 Å². The van der Waals surface area contributed by atoms with Crippen molar-refractivity contribution in [2.45, 2.75) is 32.4 Å². The minimum absolute atomic E-state index is 0.125. The molecule has 1 amide bonds.